The molecule has 0 rings (SSSR count). The Labute approximate surface area is 88.7 Å². The van der Waals surface area contributed by atoms with Gasteiger partial charge in [0, 0.05) is 0 Å². The van der Waals surface area contributed by atoms with Crippen LogP contribution in [-0.2, 0) is 3.07 Å². The third-order valence-electron chi connectivity index (χ3n) is 2.57. The molecule has 0 aromatic carbocycles. The Hall–Kier alpha value is 0.759. The molecular formula is C11H26OSn. The molecule has 0 aliphatic rings. The molecule has 0 N–H and O–H groups in total. The minimum absolute atomic E-state index is 0.954. The zero-order valence-corrected chi connectivity index (χ0v) is 12.7. The molecule has 1 nitrogen and oxygen atoms in total. The summed E-state index contributed by atoms with van der Waals surface area (Å²) in [5, 5.41) is 0. The topological polar surface area (TPSA) is 9.23 Å². The SMILES string of the molecule is CC[CH2][Sn]([CH2]CC)([CH2]CC)[O]CC. The molecule has 0 aliphatic carbocycles. The average Bonchev–Trinajstić information content (AvgIpc) is 2.06. The Morgan fingerprint density at radius 3 is 1.38 bits per heavy atom. The number of rotatable bonds is 8. The Morgan fingerprint density at radius 1 is 0.769 bits per heavy atom. The van der Waals surface area contributed by atoms with Gasteiger partial charge in [0.05, 0.1) is 0 Å². The van der Waals surface area contributed by atoms with Gasteiger partial charge < -0.3 is 0 Å². The predicted molar refractivity (Wildman–Crippen MR) is 62.7 cm³/mol. The quantitative estimate of drug-likeness (QED) is 0.609. The van der Waals surface area contributed by atoms with Crippen molar-refractivity contribution in [3.8, 4) is 0 Å². The van der Waals surface area contributed by atoms with E-state index in [4.69, 9.17) is 3.07 Å². The monoisotopic (exact) mass is 294 g/mol. The van der Waals surface area contributed by atoms with Crippen molar-refractivity contribution in [3.05, 3.63) is 0 Å². The zero-order chi connectivity index (χ0) is 10.2. The molecule has 0 bridgehead atoms. The second-order valence-electron chi connectivity index (χ2n) is 3.87. The van der Waals surface area contributed by atoms with Crippen LogP contribution in [0, 0.1) is 0 Å². The summed E-state index contributed by atoms with van der Waals surface area (Å²) in [7, 11) is 0. The van der Waals surface area contributed by atoms with E-state index in [-0.39, 0.29) is 0 Å². The van der Waals surface area contributed by atoms with Crippen molar-refractivity contribution in [3.63, 3.8) is 0 Å². The fourth-order valence-corrected chi connectivity index (χ4v) is 15.2. The van der Waals surface area contributed by atoms with Crippen molar-refractivity contribution in [2.45, 2.75) is 60.3 Å². The van der Waals surface area contributed by atoms with Crippen molar-refractivity contribution in [1.29, 1.82) is 0 Å². The van der Waals surface area contributed by atoms with Gasteiger partial charge >= 0.3 is 88.7 Å². The fraction of sp³-hybridized carbons (Fsp3) is 1.00. The van der Waals surface area contributed by atoms with E-state index in [1.54, 1.807) is 0 Å². The van der Waals surface area contributed by atoms with E-state index in [9.17, 15) is 0 Å². The Morgan fingerprint density at radius 2 is 1.15 bits per heavy atom. The van der Waals surface area contributed by atoms with E-state index in [1.807, 2.05) is 0 Å². The van der Waals surface area contributed by atoms with Crippen molar-refractivity contribution in [2.75, 3.05) is 6.61 Å². The third-order valence-corrected chi connectivity index (χ3v) is 17.2. The van der Waals surface area contributed by atoms with E-state index in [1.165, 1.54) is 32.6 Å². The first kappa shape index (κ1) is 13.8. The van der Waals surface area contributed by atoms with Gasteiger partial charge in [-0.3, -0.25) is 0 Å². The van der Waals surface area contributed by atoms with Gasteiger partial charge in [0.2, 0.25) is 0 Å². The molecular weight excluding hydrogens is 267 g/mol. The maximum absolute atomic E-state index is 6.16. The molecule has 0 aromatic rings. The molecule has 0 saturated heterocycles. The van der Waals surface area contributed by atoms with Gasteiger partial charge in [-0.1, -0.05) is 0 Å². The Kier molecular flexibility index (Phi) is 8.57. The van der Waals surface area contributed by atoms with Gasteiger partial charge in [0.25, 0.3) is 0 Å². The molecule has 0 aromatic heterocycles. The van der Waals surface area contributed by atoms with Gasteiger partial charge in [-0.2, -0.15) is 0 Å². The van der Waals surface area contributed by atoms with Gasteiger partial charge in [-0.05, 0) is 0 Å². The van der Waals surface area contributed by atoms with Crippen LogP contribution in [-0.4, -0.2) is 25.4 Å². The maximum atomic E-state index is 6.16. The normalized spacial score (nSPS) is 12.0. The summed E-state index contributed by atoms with van der Waals surface area (Å²) in [5.41, 5.74) is 0. The first-order valence-corrected chi connectivity index (χ1v) is 13.1. The summed E-state index contributed by atoms with van der Waals surface area (Å²) in [6.07, 6.45) is 3.99. The summed E-state index contributed by atoms with van der Waals surface area (Å²) in [6.45, 7) is 10.0. The Balaban J connectivity index is 4.19. The van der Waals surface area contributed by atoms with Crippen LogP contribution in [0.4, 0.5) is 0 Å². The molecule has 0 amide bonds. The number of hydrogen-bond donors (Lipinski definition) is 0. The standard InChI is InChI=1S/3C3H7.C2H5O.Sn/c3*1-3-2;1-2-3;/h3*1,3H2,2H3;2H2,1H3;/q;;;-1;+1. The van der Waals surface area contributed by atoms with Gasteiger partial charge in [0.15, 0.2) is 0 Å². The van der Waals surface area contributed by atoms with Crippen LogP contribution in [0.15, 0.2) is 0 Å². The molecule has 0 fully saturated rings. The van der Waals surface area contributed by atoms with Gasteiger partial charge in [-0.25, -0.2) is 0 Å². The van der Waals surface area contributed by atoms with Gasteiger partial charge in [-0.15, -0.1) is 0 Å². The molecule has 2 heteroatoms. The molecule has 80 valence electrons. The second kappa shape index (κ2) is 8.10. The first-order chi connectivity index (χ1) is 6.24. The van der Waals surface area contributed by atoms with E-state index in [2.05, 4.69) is 27.7 Å². The minimum atomic E-state index is -2.06. The fourth-order valence-electron chi connectivity index (χ4n) is 2.26. The summed E-state index contributed by atoms with van der Waals surface area (Å²) in [4.78, 5) is 0. The van der Waals surface area contributed by atoms with Crippen LogP contribution in [0.1, 0.15) is 47.0 Å². The van der Waals surface area contributed by atoms with E-state index in [0.717, 1.165) is 6.61 Å². The van der Waals surface area contributed by atoms with E-state index < -0.39 is 18.8 Å². The summed E-state index contributed by atoms with van der Waals surface area (Å²) >= 11 is -2.06. The third kappa shape index (κ3) is 5.26. The van der Waals surface area contributed by atoms with Gasteiger partial charge in [0.1, 0.15) is 0 Å². The molecule has 0 unspecified atom stereocenters. The van der Waals surface area contributed by atoms with E-state index >= 15 is 0 Å². The molecule has 0 radical (unpaired) electrons. The van der Waals surface area contributed by atoms with E-state index in [0.29, 0.717) is 0 Å². The van der Waals surface area contributed by atoms with Crippen molar-refractivity contribution in [2.24, 2.45) is 0 Å². The van der Waals surface area contributed by atoms with Crippen molar-refractivity contribution in [1.82, 2.24) is 0 Å². The molecule has 13 heavy (non-hydrogen) atoms. The number of hydrogen-bond acceptors (Lipinski definition) is 1. The molecule has 0 atom stereocenters. The van der Waals surface area contributed by atoms with Crippen LogP contribution in [0.3, 0.4) is 0 Å². The van der Waals surface area contributed by atoms with Crippen molar-refractivity contribution >= 4 is 18.8 Å². The summed E-state index contributed by atoms with van der Waals surface area (Å²) in [5.74, 6) is 0. The van der Waals surface area contributed by atoms with Crippen LogP contribution in [0.2, 0.25) is 13.3 Å². The zero-order valence-electron chi connectivity index (χ0n) is 9.86. The van der Waals surface area contributed by atoms with Crippen molar-refractivity contribution < 1.29 is 3.07 Å². The van der Waals surface area contributed by atoms with Crippen LogP contribution in [0.25, 0.3) is 0 Å². The second-order valence-corrected chi connectivity index (χ2v) is 15.7. The summed E-state index contributed by atoms with van der Waals surface area (Å²) < 4.78 is 10.5. The predicted octanol–water partition coefficient (Wildman–Crippen LogP) is 4.20. The Bertz CT molecular complexity index is 85.1. The molecule has 0 heterocycles. The molecule has 0 spiro atoms. The first-order valence-electron chi connectivity index (χ1n) is 5.88. The average molecular weight is 293 g/mol. The van der Waals surface area contributed by atoms with Crippen LogP contribution < -0.4 is 0 Å². The molecule has 0 aliphatic heterocycles. The van der Waals surface area contributed by atoms with Crippen LogP contribution >= 0.6 is 0 Å². The van der Waals surface area contributed by atoms with Crippen LogP contribution in [0.5, 0.6) is 0 Å². The molecule has 0 saturated carbocycles. The summed E-state index contributed by atoms with van der Waals surface area (Å²) in [6, 6.07) is 0.